The van der Waals surface area contributed by atoms with Gasteiger partial charge in [-0.1, -0.05) is 55.5 Å². The van der Waals surface area contributed by atoms with Crippen LogP contribution < -0.4 is 0 Å². The third-order valence-corrected chi connectivity index (χ3v) is 1.50. The van der Waals surface area contributed by atoms with E-state index in [4.69, 9.17) is 0 Å². The van der Waals surface area contributed by atoms with Crippen LogP contribution in [0, 0.1) is 6.92 Å². The van der Waals surface area contributed by atoms with Crippen LogP contribution in [0.4, 0.5) is 0 Å². The molecule has 91 valence electrons. The SMILES string of the molecule is C[Si](C)C.Cc1ccccc1.[Zr].c1cc[cH-]c1. The fourth-order valence-electron chi connectivity index (χ4n) is 0.855. The van der Waals surface area contributed by atoms with Crippen molar-refractivity contribution in [3.63, 3.8) is 0 Å². The van der Waals surface area contributed by atoms with Gasteiger partial charge in [0.2, 0.25) is 0 Å². The molecule has 2 aromatic carbocycles. The average Bonchev–Trinajstić information content (AvgIpc) is 2.75. The minimum absolute atomic E-state index is 0. The van der Waals surface area contributed by atoms with Gasteiger partial charge in [-0.05, 0) is 6.92 Å². The van der Waals surface area contributed by atoms with Crippen LogP contribution in [0.1, 0.15) is 5.56 Å². The largest absolute Gasteiger partial charge is 0.214 e. The summed E-state index contributed by atoms with van der Waals surface area (Å²) in [6, 6.07) is 20.3. The molecule has 1 radical (unpaired) electrons. The molecule has 0 saturated carbocycles. The first kappa shape index (κ1) is 19.0. The van der Waals surface area contributed by atoms with E-state index in [1.165, 1.54) is 5.56 Å². The Bertz CT molecular complexity index is 294. The van der Waals surface area contributed by atoms with Crippen LogP contribution in [-0.4, -0.2) is 8.80 Å². The molecule has 0 fully saturated rings. The first-order valence-electron chi connectivity index (χ1n) is 5.58. The fourth-order valence-corrected chi connectivity index (χ4v) is 0.855. The van der Waals surface area contributed by atoms with Crippen molar-refractivity contribution in [1.29, 1.82) is 0 Å². The molecule has 2 heteroatoms. The van der Waals surface area contributed by atoms with Crippen molar-refractivity contribution in [3.05, 3.63) is 66.2 Å². The molecule has 0 saturated heterocycles. The van der Waals surface area contributed by atoms with Crippen molar-refractivity contribution < 1.29 is 26.2 Å². The van der Waals surface area contributed by atoms with E-state index < -0.39 is 0 Å². The number of hydrogen-bond donors (Lipinski definition) is 0. The summed E-state index contributed by atoms with van der Waals surface area (Å²) in [4.78, 5) is 0. The fraction of sp³-hybridized carbons (Fsp3) is 0.267. The molecule has 0 aliphatic carbocycles. The molecular formula is C15H22SiZr-. The van der Waals surface area contributed by atoms with Gasteiger partial charge in [0.25, 0.3) is 0 Å². The predicted octanol–water partition coefficient (Wildman–Crippen LogP) is 4.77. The molecule has 0 N–H and O–H groups in total. The maximum Gasteiger partial charge on any atom is 0.0379 e. The zero-order chi connectivity index (χ0) is 12.2. The predicted molar refractivity (Wildman–Crippen MR) is 76.6 cm³/mol. The monoisotopic (exact) mass is 320 g/mol. The van der Waals surface area contributed by atoms with E-state index in [-0.39, 0.29) is 35.0 Å². The van der Waals surface area contributed by atoms with Crippen LogP contribution in [0.5, 0.6) is 0 Å². The van der Waals surface area contributed by atoms with Crippen LogP contribution >= 0.6 is 0 Å². The van der Waals surface area contributed by atoms with E-state index in [1.54, 1.807) is 0 Å². The van der Waals surface area contributed by atoms with Crippen molar-refractivity contribution in [2.45, 2.75) is 26.6 Å². The Morgan fingerprint density at radius 1 is 0.824 bits per heavy atom. The van der Waals surface area contributed by atoms with E-state index in [1.807, 2.05) is 48.5 Å². The number of hydrogen-bond acceptors (Lipinski definition) is 0. The first-order chi connectivity index (χ1) is 7.63. The van der Waals surface area contributed by atoms with E-state index in [9.17, 15) is 0 Å². The quantitative estimate of drug-likeness (QED) is 0.484. The Morgan fingerprint density at radius 3 is 1.41 bits per heavy atom. The summed E-state index contributed by atoms with van der Waals surface area (Å²) in [6.45, 7) is 8.89. The Kier molecular flexibility index (Phi) is 15.4. The third kappa shape index (κ3) is 18.2. The normalized spacial score (nSPS) is 8.06. The molecule has 0 aromatic heterocycles. The second kappa shape index (κ2) is 13.7. The Labute approximate surface area is 127 Å². The van der Waals surface area contributed by atoms with Crippen molar-refractivity contribution in [2.24, 2.45) is 0 Å². The summed E-state index contributed by atoms with van der Waals surface area (Å²) in [7, 11) is 0.120. The van der Waals surface area contributed by atoms with E-state index in [0.29, 0.717) is 0 Å². The molecule has 17 heavy (non-hydrogen) atoms. The van der Waals surface area contributed by atoms with Crippen molar-refractivity contribution in [3.8, 4) is 0 Å². The van der Waals surface area contributed by atoms with E-state index in [0.717, 1.165) is 0 Å². The van der Waals surface area contributed by atoms with E-state index in [2.05, 4.69) is 38.7 Å². The zero-order valence-electron chi connectivity index (χ0n) is 11.3. The summed E-state index contributed by atoms with van der Waals surface area (Å²) in [5.74, 6) is 0. The van der Waals surface area contributed by atoms with Crippen LogP contribution in [0.2, 0.25) is 19.6 Å². The minimum atomic E-state index is 0. The number of benzene rings is 1. The summed E-state index contributed by atoms with van der Waals surface area (Å²) in [6.07, 6.45) is 0. The summed E-state index contributed by atoms with van der Waals surface area (Å²) < 4.78 is 0. The molecule has 2 rings (SSSR count). The zero-order valence-corrected chi connectivity index (χ0v) is 14.7. The molecule has 0 aliphatic rings. The number of rotatable bonds is 0. The van der Waals surface area contributed by atoms with Gasteiger partial charge in [-0.15, -0.1) is 0 Å². The van der Waals surface area contributed by atoms with Gasteiger partial charge in [0.1, 0.15) is 0 Å². The summed E-state index contributed by atoms with van der Waals surface area (Å²) in [5, 5.41) is 0. The first-order valence-corrected chi connectivity index (χ1v) is 8.58. The molecule has 0 nitrogen and oxygen atoms in total. The molecule has 0 spiro atoms. The van der Waals surface area contributed by atoms with Gasteiger partial charge in [0.05, 0.1) is 0 Å². The van der Waals surface area contributed by atoms with Crippen molar-refractivity contribution >= 4 is 8.80 Å². The molecule has 0 heterocycles. The van der Waals surface area contributed by atoms with Gasteiger partial charge in [0.15, 0.2) is 0 Å². The summed E-state index contributed by atoms with van der Waals surface area (Å²) >= 11 is 0. The molecule has 2 aromatic rings. The van der Waals surface area contributed by atoms with Crippen LogP contribution in [0.25, 0.3) is 0 Å². The maximum absolute atomic E-state index is 2.27. The van der Waals surface area contributed by atoms with Crippen molar-refractivity contribution in [2.75, 3.05) is 0 Å². The Balaban J connectivity index is 0. The van der Waals surface area contributed by atoms with Gasteiger partial charge in [0, 0.05) is 35.0 Å². The van der Waals surface area contributed by atoms with Gasteiger partial charge in [-0.3, -0.25) is 0 Å². The van der Waals surface area contributed by atoms with Crippen LogP contribution in [0.15, 0.2) is 60.7 Å². The smallest absolute Gasteiger partial charge is 0.0379 e. The Hall–Kier alpha value is -0.330. The topological polar surface area (TPSA) is 0 Å². The van der Waals surface area contributed by atoms with Gasteiger partial charge >= 0.3 is 0 Å². The molecule has 0 atom stereocenters. The van der Waals surface area contributed by atoms with E-state index >= 15 is 0 Å². The molecular weight excluding hydrogens is 299 g/mol. The Morgan fingerprint density at radius 2 is 1.24 bits per heavy atom. The van der Waals surface area contributed by atoms with Crippen LogP contribution in [0.3, 0.4) is 0 Å². The molecule has 0 amide bonds. The molecule has 0 aliphatic heterocycles. The van der Waals surface area contributed by atoms with Crippen LogP contribution in [-0.2, 0) is 26.2 Å². The van der Waals surface area contributed by atoms with Crippen molar-refractivity contribution in [1.82, 2.24) is 0 Å². The second-order valence-electron chi connectivity index (χ2n) is 4.12. The minimum Gasteiger partial charge on any atom is -0.214 e. The molecule has 0 bridgehead atoms. The third-order valence-electron chi connectivity index (χ3n) is 1.50. The summed E-state index contributed by atoms with van der Waals surface area (Å²) in [5.41, 5.74) is 1.32. The van der Waals surface area contributed by atoms with Gasteiger partial charge in [-0.25, -0.2) is 12.1 Å². The van der Waals surface area contributed by atoms with Gasteiger partial charge < -0.3 is 0 Å². The second-order valence-corrected chi connectivity index (χ2v) is 7.12. The number of aryl methyl sites for hydroxylation is 1. The van der Waals surface area contributed by atoms with Gasteiger partial charge in [-0.2, -0.15) is 18.2 Å². The molecule has 0 unspecified atom stereocenters. The average molecular weight is 322 g/mol. The maximum atomic E-state index is 2.27. The standard InChI is InChI=1S/C7H8.C5H5.C3H9Si.Zr/c1-7-5-3-2-4-6-7;1-2-4-5-3-1;1-4(2)3;/h2-6H,1H3;1-5H;1-3H3;/q;-1;;.